The second-order valence-electron chi connectivity index (χ2n) is 3.02. The topological polar surface area (TPSA) is 3.24 Å². The molecule has 0 bridgehead atoms. The van der Waals surface area contributed by atoms with Gasteiger partial charge in [-0.1, -0.05) is 69.2 Å². The van der Waals surface area contributed by atoms with E-state index >= 15 is 0 Å². The summed E-state index contributed by atoms with van der Waals surface area (Å²) in [5.41, 5.74) is 0. The smallest absolute Gasteiger partial charge is 0.142 e. The Labute approximate surface area is 105 Å². The van der Waals surface area contributed by atoms with Gasteiger partial charge in [0.15, 0.2) is 0 Å². The average molecular weight is 239 g/mol. The van der Waals surface area contributed by atoms with Crippen molar-refractivity contribution in [3.8, 4) is 0 Å². The summed E-state index contributed by atoms with van der Waals surface area (Å²) in [5, 5.41) is 0. The zero-order valence-corrected chi connectivity index (χ0v) is 13.8. The highest BCUT2D eigenvalue weighted by molar-refractivity contribution is 4.30. The lowest BCUT2D eigenvalue weighted by atomic mass is 10.3. The van der Waals surface area contributed by atoms with Crippen LogP contribution < -0.4 is 0 Å². The normalized spacial score (nSPS) is 7.12. The van der Waals surface area contributed by atoms with Gasteiger partial charge in [0.1, 0.15) is 6.80 Å². The maximum Gasteiger partial charge on any atom is 0.142 e. The maximum atomic E-state index is 11.3. The van der Waals surface area contributed by atoms with Crippen molar-refractivity contribution in [3.63, 3.8) is 0 Å². The number of halogens is 1. The maximum absolute atomic E-state index is 11.3. The highest BCUT2D eigenvalue weighted by Crippen LogP contribution is 1.81. The zero-order valence-electron chi connectivity index (χ0n) is 13.8. The van der Waals surface area contributed by atoms with Crippen molar-refractivity contribution in [2.75, 3.05) is 20.4 Å². The van der Waals surface area contributed by atoms with Crippen LogP contribution in [0, 0.1) is 5.92 Å². The first-order valence-electron chi connectivity index (χ1n) is 6.79. The Morgan fingerprint density at radius 3 is 1.06 bits per heavy atom. The minimum absolute atomic E-state index is 0.337. The van der Waals surface area contributed by atoms with Gasteiger partial charge >= 0.3 is 0 Å². The van der Waals surface area contributed by atoms with Crippen LogP contribution in [0.25, 0.3) is 0 Å². The number of hydrogen-bond donors (Lipinski definition) is 0. The summed E-state index contributed by atoms with van der Waals surface area (Å²) < 4.78 is 11.3. The molecule has 2 heteroatoms. The van der Waals surface area contributed by atoms with Gasteiger partial charge in [-0.15, -0.1) is 0 Å². The van der Waals surface area contributed by atoms with E-state index in [1.165, 1.54) is 0 Å². The molecule has 0 radical (unpaired) electrons. The van der Waals surface area contributed by atoms with Crippen molar-refractivity contribution in [1.29, 1.82) is 0 Å². The predicted octanol–water partition coefficient (Wildman–Crippen LogP) is 5.61. The third-order valence-corrected chi connectivity index (χ3v) is 0.744. The molecule has 0 aliphatic carbocycles. The van der Waals surface area contributed by atoms with Crippen LogP contribution in [0.3, 0.4) is 0 Å². The largest absolute Gasteiger partial charge is 0.280 e. The van der Waals surface area contributed by atoms with Gasteiger partial charge in [0.25, 0.3) is 0 Å². The lowest BCUT2D eigenvalue weighted by Gasteiger charge is -2.04. The first-order chi connectivity index (χ1) is 7.54. The fraction of sp³-hybridized carbons (Fsp3) is 1.00. The minimum Gasteiger partial charge on any atom is -0.280 e. The molecule has 0 saturated carbocycles. The van der Waals surface area contributed by atoms with Crippen LogP contribution in [-0.4, -0.2) is 25.3 Å². The molecular formula is C14H38FN. The Bertz CT molecular complexity index is 49.9. The molecule has 0 heterocycles. The SMILES string of the molecule is CC.CC.CC.CC(C)C.CCN(C)CF. The van der Waals surface area contributed by atoms with Crippen LogP contribution in [0.15, 0.2) is 0 Å². The lowest BCUT2D eigenvalue weighted by Crippen LogP contribution is -2.14. The van der Waals surface area contributed by atoms with Crippen LogP contribution >= 0.6 is 0 Å². The van der Waals surface area contributed by atoms with Crippen LogP contribution in [0.4, 0.5) is 4.39 Å². The van der Waals surface area contributed by atoms with Gasteiger partial charge in [-0.3, -0.25) is 4.90 Å². The third-order valence-electron chi connectivity index (χ3n) is 0.744. The van der Waals surface area contributed by atoms with Crippen LogP contribution in [0.2, 0.25) is 0 Å². The van der Waals surface area contributed by atoms with E-state index in [1.807, 2.05) is 48.5 Å². The van der Waals surface area contributed by atoms with Crippen LogP contribution in [0.5, 0.6) is 0 Å². The summed E-state index contributed by atoms with van der Waals surface area (Å²) in [6.07, 6.45) is 0. The van der Waals surface area contributed by atoms with E-state index in [1.54, 1.807) is 11.9 Å². The van der Waals surface area contributed by atoms with E-state index < -0.39 is 0 Å². The van der Waals surface area contributed by atoms with E-state index in [0.29, 0.717) is 0 Å². The zero-order chi connectivity index (χ0) is 14.6. The minimum atomic E-state index is -0.337. The van der Waals surface area contributed by atoms with Crippen molar-refractivity contribution in [2.24, 2.45) is 5.92 Å². The van der Waals surface area contributed by atoms with Crippen LogP contribution in [-0.2, 0) is 0 Å². The van der Waals surface area contributed by atoms with Gasteiger partial charge in [-0.2, -0.15) is 0 Å². The van der Waals surface area contributed by atoms with E-state index in [-0.39, 0.29) is 6.80 Å². The van der Waals surface area contributed by atoms with Gasteiger partial charge < -0.3 is 0 Å². The molecule has 0 unspecified atom stereocenters. The van der Waals surface area contributed by atoms with E-state index in [2.05, 4.69) is 20.8 Å². The van der Waals surface area contributed by atoms with Crippen molar-refractivity contribution in [1.82, 2.24) is 4.90 Å². The summed E-state index contributed by atoms with van der Waals surface area (Å²) in [4.78, 5) is 1.58. The molecule has 0 fully saturated rings. The Morgan fingerprint density at radius 1 is 0.875 bits per heavy atom. The summed E-state index contributed by atoms with van der Waals surface area (Å²) in [7, 11) is 1.74. The molecule has 0 amide bonds. The van der Waals surface area contributed by atoms with E-state index in [0.717, 1.165) is 12.5 Å². The van der Waals surface area contributed by atoms with Gasteiger partial charge in [0, 0.05) is 0 Å². The highest BCUT2D eigenvalue weighted by atomic mass is 19.1. The summed E-state index contributed by atoms with van der Waals surface area (Å²) in [5.74, 6) is 0.833. The Kier molecular flexibility index (Phi) is 85.7. The molecule has 0 aromatic heterocycles. The monoisotopic (exact) mass is 239 g/mol. The van der Waals surface area contributed by atoms with Gasteiger partial charge in [0.2, 0.25) is 0 Å². The number of alkyl halides is 1. The molecule has 0 aromatic carbocycles. The average Bonchev–Trinajstić information content (AvgIpc) is 2.35. The Morgan fingerprint density at radius 2 is 1.06 bits per heavy atom. The second-order valence-corrected chi connectivity index (χ2v) is 3.02. The van der Waals surface area contributed by atoms with Gasteiger partial charge in [0.05, 0.1) is 0 Å². The van der Waals surface area contributed by atoms with Crippen molar-refractivity contribution < 1.29 is 4.39 Å². The first-order valence-corrected chi connectivity index (χ1v) is 6.79. The van der Waals surface area contributed by atoms with E-state index in [4.69, 9.17) is 0 Å². The first kappa shape index (κ1) is 29.7. The molecule has 106 valence electrons. The van der Waals surface area contributed by atoms with E-state index in [9.17, 15) is 4.39 Å². The standard InChI is InChI=1S/C4H10FN.C4H10.3C2H6/c1-3-6(2)4-5;1-4(2)3;3*1-2/h3-4H2,1-2H3;4H,1-3H3;3*1-2H3. The molecule has 0 saturated heterocycles. The van der Waals surface area contributed by atoms with Crippen molar-refractivity contribution >= 4 is 0 Å². The second kappa shape index (κ2) is 46.1. The van der Waals surface area contributed by atoms with Crippen molar-refractivity contribution in [3.05, 3.63) is 0 Å². The molecule has 16 heavy (non-hydrogen) atoms. The van der Waals surface area contributed by atoms with Gasteiger partial charge in [-0.05, 0) is 19.5 Å². The number of nitrogens with zero attached hydrogens (tertiary/aromatic N) is 1. The summed E-state index contributed by atoms with van der Waals surface area (Å²) >= 11 is 0. The molecule has 0 aromatic rings. The molecule has 0 atom stereocenters. The molecule has 0 rings (SSSR count). The third kappa shape index (κ3) is 153. The molecule has 0 aliphatic heterocycles. The molecule has 0 aliphatic rings. The Hall–Kier alpha value is -0.110. The molecular weight excluding hydrogens is 201 g/mol. The fourth-order valence-electron chi connectivity index (χ4n) is 0.0845. The van der Waals surface area contributed by atoms with Crippen LogP contribution in [0.1, 0.15) is 69.2 Å². The van der Waals surface area contributed by atoms with Gasteiger partial charge in [-0.25, -0.2) is 4.39 Å². The molecule has 0 N–H and O–H groups in total. The number of rotatable bonds is 2. The Balaban J connectivity index is -0.0000000354. The molecule has 0 spiro atoms. The fourth-order valence-corrected chi connectivity index (χ4v) is 0.0845. The highest BCUT2D eigenvalue weighted by Gasteiger charge is 1.84. The predicted molar refractivity (Wildman–Crippen MR) is 78.8 cm³/mol. The van der Waals surface area contributed by atoms with Crippen molar-refractivity contribution in [2.45, 2.75) is 69.2 Å². The summed E-state index contributed by atoms with van der Waals surface area (Å²) in [6, 6.07) is 0. The quantitative estimate of drug-likeness (QED) is 0.566. The lowest BCUT2D eigenvalue weighted by molar-refractivity contribution is 0.235. The summed E-state index contributed by atoms with van der Waals surface area (Å²) in [6.45, 7) is 20.9. The molecule has 1 nitrogen and oxygen atoms in total. The number of hydrogen-bond acceptors (Lipinski definition) is 1.